The molecule has 1 aliphatic carbocycles. The molecule has 2 unspecified atom stereocenters. The van der Waals surface area contributed by atoms with Crippen LogP contribution in [0.5, 0.6) is 0 Å². The maximum atomic E-state index is 2.36. The molecule has 1 saturated carbocycles. The highest BCUT2D eigenvalue weighted by molar-refractivity contribution is 5.11. The van der Waals surface area contributed by atoms with E-state index in [1.165, 1.54) is 24.8 Å². The Balaban J connectivity index is 0.000000140. The van der Waals surface area contributed by atoms with Gasteiger partial charge >= 0.3 is 0 Å². The van der Waals surface area contributed by atoms with Crippen molar-refractivity contribution in [2.45, 2.75) is 40.0 Å². The number of aryl methyl sites for hydroxylation is 1. The van der Waals surface area contributed by atoms with E-state index in [-0.39, 0.29) is 0 Å². The summed E-state index contributed by atoms with van der Waals surface area (Å²) in [6.45, 7) is 6.80. The third kappa shape index (κ3) is 3.95. The Hall–Kier alpha value is -0.780. The SMILES string of the molecule is CC1CCCC1C.Cc1ccccc1. The standard InChI is InChI=1S/C7H14.C7H8/c1-6-4-3-5-7(6)2;1-7-5-3-2-4-6-7/h6-7H,3-5H2,1-2H3;2-6H,1H3. The summed E-state index contributed by atoms with van der Waals surface area (Å²) in [5, 5.41) is 0. The molecule has 0 aliphatic heterocycles. The van der Waals surface area contributed by atoms with Crippen LogP contribution in [0, 0.1) is 18.8 Å². The van der Waals surface area contributed by atoms with Crippen molar-refractivity contribution in [2.75, 3.05) is 0 Å². The van der Waals surface area contributed by atoms with Gasteiger partial charge in [-0.3, -0.25) is 0 Å². The van der Waals surface area contributed by atoms with E-state index >= 15 is 0 Å². The van der Waals surface area contributed by atoms with Crippen molar-refractivity contribution in [3.63, 3.8) is 0 Å². The normalized spacial score (nSPS) is 25.4. The van der Waals surface area contributed by atoms with Gasteiger partial charge in [-0.1, -0.05) is 69.0 Å². The molecule has 0 heterocycles. The molecule has 0 radical (unpaired) electrons. The molecule has 14 heavy (non-hydrogen) atoms. The number of rotatable bonds is 0. The quantitative estimate of drug-likeness (QED) is 0.567. The zero-order chi connectivity index (χ0) is 10.4. The molecule has 1 fully saturated rings. The molecule has 0 amide bonds. The first-order chi connectivity index (χ1) is 6.70. The highest BCUT2D eigenvalue weighted by Gasteiger charge is 2.17. The van der Waals surface area contributed by atoms with Gasteiger partial charge in [-0.25, -0.2) is 0 Å². The minimum atomic E-state index is 1.01. The fourth-order valence-electron chi connectivity index (χ4n) is 1.87. The Morgan fingerprint density at radius 2 is 1.43 bits per heavy atom. The number of hydrogen-bond acceptors (Lipinski definition) is 0. The van der Waals surface area contributed by atoms with E-state index in [1.807, 2.05) is 18.2 Å². The van der Waals surface area contributed by atoms with Gasteiger partial charge in [-0.05, 0) is 18.8 Å². The van der Waals surface area contributed by atoms with E-state index in [9.17, 15) is 0 Å². The lowest BCUT2D eigenvalue weighted by atomic mass is 10.0. The Bertz CT molecular complexity index is 229. The van der Waals surface area contributed by atoms with Crippen molar-refractivity contribution >= 4 is 0 Å². The second-order valence-corrected chi connectivity index (χ2v) is 4.54. The molecule has 1 aromatic carbocycles. The zero-order valence-corrected chi connectivity index (χ0v) is 9.66. The van der Waals surface area contributed by atoms with E-state index in [1.54, 1.807) is 0 Å². The fourth-order valence-corrected chi connectivity index (χ4v) is 1.87. The summed E-state index contributed by atoms with van der Waals surface area (Å²) in [5.41, 5.74) is 1.32. The van der Waals surface area contributed by atoms with Gasteiger partial charge in [0, 0.05) is 0 Å². The zero-order valence-electron chi connectivity index (χ0n) is 9.66. The lowest BCUT2D eigenvalue weighted by Crippen LogP contribution is -1.95. The van der Waals surface area contributed by atoms with Crippen molar-refractivity contribution in [2.24, 2.45) is 11.8 Å². The van der Waals surface area contributed by atoms with Crippen LogP contribution in [0.1, 0.15) is 38.7 Å². The molecule has 0 N–H and O–H groups in total. The average Bonchev–Trinajstić information content (AvgIpc) is 2.53. The van der Waals surface area contributed by atoms with Gasteiger partial charge in [0.1, 0.15) is 0 Å². The molecular formula is C14H22. The van der Waals surface area contributed by atoms with Crippen molar-refractivity contribution in [1.29, 1.82) is 0 Å². The minimum absolute atomic E-state index is 1.01. The van der Waals surface area contributed by atoms with Gasteiger partial charge in [0.05, 0.1) is 0 Å². The molecule has 1 aromatic rings. The van der Waals surface area contributed by atoms with Crippen molar-refractivity contribution < 1.29 is 0 Å². The maximum Gasteiger partial charge on any atom is -0.0398 e. The summed E-state index contributed by atoms with van der Waals surface area (Å²) in [4.78, 5) is 0. The van der Waals surface area contributed by atoms with Crippen LogP contribution in [-0.2, 0) is 0 Å². The van der Waals surface area contributed by atoms with E-state index in [0.717, 1.165) is 11.8 Å². The summed E-state index contributed by atoms with van der Waals surface area (Å²) in [7, 11) is 0. The first kappa shape index (κ1) is 11.3. The van der Waals surface area contributed by atoms with Gasteiger partial charge < -0.3 is 0 Å². The summed E-state index contributed by atoms with van der Waals surface area (Å²) in [6, 6.07) is 10.3. The van der Waals surface area contributed by atoms with Crippen molar-refractivity contribution in [3.05, 3.63) is 35.9 Å². The van der Waals surface area contributed by atoms with Crippen LogP contribution >= 0.6 is 0 Å². The van der Waals surface area contributed by atoms with Crippen LogP contribution in [-0.4, -0.2) is 0 Å². The summed E-state index contributed by atoms with van der Waals surface area (Å²) in [5.74, 6) is 2.03. The first-order valence-electron chi connectivity index (χ1n) is 5.72. The lowest BCUT2D eigenvalue weighted by Gasteiger charge is -2.05. The molecule has 0 aromatic heterocycles. The molecule has 0 nitrogen and oxygen atoms in total. The number of benzene rings is 1. The summed E-state index contributed by atoms with van der Waals surface area (Å²) in [6.07, 6.45) is 4.42. The van der Waals surface area contributed by atoms with Crippen LogP contribution in [0.2, 0.25) is 0 Å². The van der Waals surface area contributed by atoms with Crippen LogP contribution in [0.3, 0.4) is 0 Å². The minimum Gasteiger partial charge on any atom is -0.0623 e. The maximum absolute atomic E-state index is 2.36. The van der Waals surface area contributed by atoms with Crippen molar-refractivity contribution in [1.82, 2.24) is 0 Å². The van der Waals surface area contributed by atoms with Crippen LogP contribution < -0.4 is 0 Å². The van der Waals surface area contributed by atoms with Crippen molar-refractivity contribution in [3.8, 4) is 0 Å². The number of hydrogen-bond donors (Lipinski definition) is 0. The summed E-state index contributed by atoms with van der Waals surface area (Å²) < 4.78 is 0. The van der Waals surface area contributed by atoms with Gasteiger partial charge in [-0.2, -0.15) is 0 Å². The molecule has 78 valence electrons. The largest absolute Gasteiger partial charge is 0.0623 e. The first-order valence-corrected chi connectivity index (χ1v) is 5.72. The van der Waals surface area contributed by atoms with Gasteiger partial charge in [0.2, 0.25) is 0 Å². The van der Waals surface area contributed by atoms with Gasteiger partial charge in [0.25, 0.3) is 0 Å². The predicted octanol–water partition coefficient (Wildman–Crippen LogP) is 4.44. The molecule has 2 rings (SSSR count). The molecule has 0 heteroatoms. The second kappa shape index (κ2) is 5.85. The molecule has 2 atom stereocenters. The van der Waals surface area contributed by atoms with Crippen LogP contribution in [0.25, 0.3) is 0 Å². The molecule has 0 bridgehead atoms. The topological polar surface area (TPSA) is 0 Å². The van der Waals surface area contributed by atoms with Gasteiger partial charge in [0.15, 0.2) is 0 Å². The van der Waals surface area contributed by atoms with E-state index < -0.39 is 0 Å². The Labute approximate surface area is 88.4 Å². The smallest absolute Gasteiger partial charge is 0.0398 e. The van der Waals surface area contributed by atoms with Gasteiger partial charge in [-0.15, -0.1) is 0 Å². The van der Waals surface area contributed by atoms with E-state index in [0.29, 0.717) is 0 Å². The molecular weight excluding hydrogens is 168 g/mol. The summed E-state index contributed by atoms with van der Waals surface area (Å²) >= 11 is 0. The van der Waals surface area contributed by atoms with E-state index in [2.05, 4.69) is 32.9 Å². The fraction of sp³-hybridized carbons (Fsp3) is 0.571. The Morgan fingerprint density at radius 3 is 1.64 bits per heavy atom. The van der Waals surface area contributed by atoms with E-state index in [4.69, 9.17) is 0 Å². The highest BCUT2D eigenvalue weighted by atomic mass is 14.2. The highest BCUT2D eigenvalue weighted by Crippen LogP contribution is 2.29. The third-order valence-electron chi connectivity index (χ3n) is 3.23. The average molecular weight is 190 g/mol. The second-order valence-electron chi connectivity index (χ2n) is 4.54. The monoisotopic (exact) mass is 190 g/mol. The predicted molar refractivity (Wildman–Crippen MR) is 63.4 cm³/mol. The van der Waals surface area contributed by atoms with Crippen LogP contribution in [0.15, 0.2) is 30.3 Å². The lowest BCUT2D eigenvalue weighted by molar-refractivity contribution is 0.457. The molecule has 1 aliphatic rings. The third-order valence-corrected chi connectivity index (χ3v) is 3.23. The Kier molecular flexibility index (Phi) is 4.72. The Morgan fingerprint density at radius 1 is 0.929 bits per heavy atom. The molecule has 0 saturated heterocycles. The van der Waals surface area contributed by atoms with Crippen LogP contribution in [0.4, 0.5) is 0 Å². The molecule has 0 spiro atoms.